The van der Waals surface area contributed by atoms with E-state index in [1.54, 1.807) is 6.20 Å². The first-order valence-electron chi connectivity index (χ1n) is 9.13. The molecule has 0 saturated heterocycles. The molecule has 24 heavy (non-hydrogen) atoms. The highest BCUT2D eigenvalue weighted by Gasteiger charge is 2.25. The fourth-order valence-corrected chi connectivity index (χ4v) is 4.26. The maximum atomic E-state index is 12.8. The SMILES string of the molecule is CC1Cc2cccc3c(=O)c(C(=O)NC4CCCCCC4)cn1c23. The molecule has 1 N–H and O–H groups in total. The van der Waals surface area contributed by atoms with Crippen LogP contribution in [0, 0.1) is 0 Å². The van der Waals surface area contributed by atoms with Gasteiger partial charge < -0.3 is 9.88 Å². The maximum Gasteiger partial charge on any atom is 0.256 e. The van der Waals surface area contributed by atoms with Crippen molar-refractivity contribution in [3.8, 4) is 0 Å². The third kappa shape index (κ3) is 2.54. The molecule has 2 aromatic rings. The van der Waals surface area contributed by atoms with E-state index in [2.05, 4.69) is 22.9 Å². The summed E-state index contributed by atoms with van der Waals surface area (Å²) in [6.07, 6.45) is 9.55. The van der Waals surface area contributed by atoms with E-state index >= 15 is 0 Å². The number of pyridine rings is 1. The summed E-state index contributed by atoms with van der Waals surface area (Å²) in [7, 11) is 0. The molecule has 126 valence electrons. The molecular weight excluding hydrogens is 300 g/mol. The number of para-hydroxylation sites is 1. The standard InChI is InChI=1S/C20H24N2O2/c1-13-11-14-7-6-10-16-18(14)22(13)12-17(19(16)23)20(24)21-15-8-4-2-3-5-9-15/h6-7,10,12-13,15H,2-5,8-9,11H2,1H3,(H,21,24). The van der Waals surface area contributed by atoms with Gasteiger partial charge >= 0.3 is 0 Å². The molecule has 1 aromatic carbocycles. The minimum absolute atomic E-state index is 0.136. The van der Waals surface area contributed by atoms with Crippen molar-refractivity contribution in [3.05, 3.63) is 45.7 Å². The second-order valence-corrected chi connectivity index (χ2v) is 7.31. The lowest BCUT2D eigenvalue weighted by Crippen LogP contribution is -2.37. The van der Waals surface area contributed by atoms with Crippen LogP contribution in [0.1, 0.15) is 67.4 Å². The van der Waals surface area contributed by atoms with Crippen molar-refractivity contribution < 1.29 is 4.79 Å². The van der Waals surface area contributed by atoms with Crippen LogP contribution < -0.4 is 10.7 Å². The monoisotopic (exact) mass is 324 g/mol. The highest BCUT2D eigenvalue weighted by Crippen LogP contribution is 2.30. The van der Waals surface area contributed by atoms with Gasteiger partial charge in [-0.3, -0.25) is 9.59 Å². The van der Waals surface area contributed by atoms with Crippen LogP contribution in [-0.4, -0.2) is 16.5 Å². The summed E-state index contributed by atoms with van der Waals surface area (Å²) in [5, 5.41) is 3.78. The molecule has 1 aliphatic carbocycles. The zero-order valence-corrected chi connectivity index (χ0v) is 14.2. The fraction of sp³-hybridized carbons (Fsp3) is 0.500. The third-order valence-electron chi connectivity index (χ3n) is 5.56. The molecule has 1 unspecified atom stereocenters. The molecule has 1 fully saturated rings. The minimum atomic E-state index is -0.206. The van der Waals surface area contributed by atoms with Crippen LogP contribution in [0.3, 0.4) is 0 Å². The van der Waals surface area contributed by atoms with Gasteiger partial charge in [-0.15, -0.1) is 0 Å². The molecule has 4 nitrogen and oxygen atoms in total. The predicted octanol–water partition coefficient (Wildman–Crippen LogP) is 3.57. The summed E-state index contributed by atoms with van der Waals surface area (Å²) in [5.74, 6) is -0.206. The van der Waals surface area contributed by atoms with E-state index in [1.165, 1.54) is 18.4 Å². The Morgan fingerprint density at radius 2 is 1.92 bits per heavy atom. The van der Waals surface area contributed by atoms with E-state index in [0.717, 1.165) is 37.6 Å². The van der Waals surface area contributed by atoms with Crippen LogP contribution in [0.4, 0.5) is 0 Å². The van der Waals surface area contributed by atoms with Crippen molar-refractivity contribution in [2.75, 3.05) is 0 Å². The van der Waals surface area contributed by atoms with Crippen molar-refractivity contribution in [2.45, 2.75) is 64.0 Å². The maximum absolute atomic E-state index is 12.8. The Hall–Kier alpha value is -2.10. The number of benzene rings is 1. The number of amides is 1. The van der Waals surface area contributed by atoms with Crippen LogP contribution in [0.2, 0.25) is 0 Å². The first-order chi connectivity index (χ1) is 11.6. The number of carbonyl (C=O) groups is 1. The van der Waals surface area contributed by atoms with Crippen LogP contribution >= 0.6 is 0 Å². The summed E-state index contributed by atoms with van der Waals surface area (Å²) in [5.41, 5.74) is 2.36. The normalized spacial score (nSPS) is 21.0. The van der Waals surface area contributed by atoms with Crippen molar-refractivity contribution in [2.24, 2.45) is 0 Å². The topological polar surface area (TPSA) is 51.1 Å². The summed E-state index contributed by atoms with van der Waals surface area (Å²) >= 11 is 0. The Bertz CT molecular complexity index is 845. The Balaban J connectivity index is 1.71. The van der Waals surface area contributed by atoms with Gasteiger partial charge in [0.1, 0.15) is 5.56 Å². The average molecular weight is 324 g/mol. The predicted molar refractivity (Wildman–Crippen MR) is 95.6 cm³/mol. The number of hydrogen-bond donors (Lipinski definition) is 1. The van der Waals surface area contributed by atoms with Crippen LogP contribution in [0.5, 0.6) is 0 Å². The minimum Gasteiger partial charge on any atom is -0.349 e. The average Bonchev–Trinajstić information content (AvgIpc) is 2.75. The Kier molecular flexibility index (Phi) is 3.91. The van der Waals surface area contributed by atoms with Crippen molar-refractivity contribution in [3.63, 3.8) is 0 Å². The van der Waals surface area contributed by atoms with E-state index in [9.17, 15) is 9.59 Å². The molecule has 1 amide bonds. The van der Waals surface area contributed by atoms with E-state index < -0.39 is 0 Å². The van der Waals surface area contributed by atoms with Gasteiger partial charge in [-0.1, -0.05) is 37.8 Å². The van der Waals surface area contributed by atoms with Gasteiger partial charge in [-0.2, -0.15) is 0 Å². The molecule has 4 rings (SSSR count). The van der Waals surface area contributed by atoms with Crippen molar-refractivity contribution in [1.29, 1.82) is 0 Å². The van der Waals surface area contributed by atoms with Crippen LogP contribution in [0.25, 0.3) is 10.9 Å². The fourth-order valence-electron chi connectivity index (χ4n) is 4.26. The van der Waals surface area contributed by atoms with E-state index in [1.807, 2.05) is 12.1 Å². The highest BCUT2D eigenvalue weighted by atomic mass is 16.2. The molecule has 4 heteroatoms. The van der Waals surface area contributed by atoms with Crippen LogP contribution in [-0.2, 0) is 6.42 Å². The van der Waals surface area contributed by atoms with Crippen LogP contribution in [0.15, 0.2) is 29.2 Å². The van der Waals surface area contributed by atoms with E-state index in [-0.39, 0.29) is 29.0 Å². The first-order valence-corrected chi connectivity index (χ1v) is 9.13. The zero-order valence-electron chi connectivity index (χ0n) is 14.2. The molecule has 1 atom stereocenters. The summed E-state index contributed by atoms with van der Waals surface area (Å²) in [6.45, 7) is 2.14. The number of hydrogen-bond acceptors (Lipinski definition) is 2. The summed E-state index contributed by atoms with van der Waals surface area (Å²) < 4.78 is 2.11. The van der Waals surface area contributed by atoms with Crippen molar-refractivity contribution >= 4 is 16.8 Å². The lowest BCUT2D eigenvalue weighted by molar-refractivity contribution is 0.0931. The molecule has 1 aromatic heterocycles. The molecule has 0 radical (unpaired) electrons. The second kappa shape index (κ2) is 6.08. The molecule has 2 heterocycles. The number of nitrogens with one attached hydrogen (secondary N) is 1. The van der Waals surface area contributed by atoms with Gasteiger partial charge in [0.15, 0.2) is 0 Å². The van der Waals surface area contributed by atoms with E-state index in [0.29, 0.717) is 5.39 Å². The number of aromatic nitrogens is 1. The molecule has 2 aliphatic rings. The third-order valence-corrected chi connectivity index (χ3v) is 5.56. The number of rotatable bonds is 2. The Labute approximate surface area is 141 Å². The molecule has 1 saturated carbocycles. The Morgan fingerprint density at radius 3 is 2.67 bits per heavy atom. The van der Waals surface area contributed by atoms with Gasteiger partial charge in [0, 0.05) is 23.7 Å². The zero-order chi connectivity index (χ0) is 16.7. The molecule has 0 spiro atoms. The van der Waals surface area contributed by atoms with Gasteiger partial charge in [-0.05, 0) is 37.8 Å². The second-order valence-electron chi connectivity index (χ2n) is 7.31. The summed E-state index contributed by atoms with van der Waals surface area (Å²) in [6, 6.07) is 6.34. The molecular formula is C20H24N2O2. The largest absolute Gasteiger partial charge is 0.349 e. The molecule has 1 aliphatic heterocycles. The van der Waals surface area contributed by atoms with Crippen molar-refractivity contribution in [1.82, 2.24) is 9.88 Å². The molecule has 0 bridgehead atoms. The van der Waals surface area contributed by atoms with Gasteiger partial charge in [0.05, 0.1) is 5.52 Å². The smallest absolute Gasteiger partial charge is 0.256 e. The van der Waals surface area contributed by atoms with Gasteiger partial charge in [0.2, 0.25) is 5.43 Å². The first kappa shape index (κ1) is 15.4. The van der Waals surface area contributed by atoms with Gasteiger partial charge in [-0.25, -0.2) is 0 Å². The highest BCUT2D eigenvalue weighted by molar-refractivity contribution is 5.98. The lowest BCUT2D eigenvalue weighted by Gasteiger charge is -2.17. The van der Waals surface area contributed by atoms with Gasteiger partial charge in [0.25, 0.3) is 5.91 Å². The number of nitrogens with zero attached hydrogens (tertiary/aromatic N) is 1. The van der Waals surface area contributed by atoms with E-state index in [4.69, 9.17) is 0 Å². The quantitative estimate of drug-likeness (QED) is 0.859. The lowest BCUT2D eigenvalue weighted by atomic mass is 10.1. The summed E-state index contributed by atoms with van der Waals surface area (Å²) in [4.78, 5) is 25.6. The number of carbonyl (C=O) groups excluding carboxylic acids is 1. The Morgan fingerprint density at radius 1 is 1.17 bits per heavy atom.